The van der Waals surface area contributed by atoms with E-state index >= 15 is 0 Å². The molecule has 2 unspecified atom stereocenters. The SMILES string of the molecule is CCCCC(CC)CNC(=NCC(C)CO)NCC. The largest absolute Gasteiger partial charge is 0.396 e. The highest BCUT2D eigenvalue weighted by atomic mass is 16.3. The summed E-state index contributed by atoms with van der Waals surface area (Å²) in [5, 5.41) is 15.7. The van der Waals surface area contributed by atoms with Crippen LogP contribution in [-0.2, 0) is 0 Å². The average molecular weight is 271 g/mol. The highest BCUT2D eigenvalue weighted by Crippen LogP contribution is 2.11. The van der Waals surface area contributed by atoms with Gasteiger partial charge in [0.1, 0.15) is 0 Å². The van der Waals surface area contributed by atoms with Gasteiger partial charge in [0.15, 0.2) is 5.96 Å². The van der Waals surface area contributed by atoms with Gasteiger partial charge in [-0.25, -0.2) is 0 Å². The van der Waals surface area contributed by atoms with Crippen LogP contribution < -0.4 is 10.6 Å². The average Bonchev–Trinajstić information content (AvgIpc) is 2.44. The lowest BCUT2D eigenvalue weighted by Crippen LogP contribution is -2.40. The first-order chi connectivity index (χ1) is 9.17. The topological polar surface area (TPSA) is 56.7 Å². The van der Waals surface area contributed by atoms with Crippen LogP contribution in [0.2, 0.25) is 0 Å². The van der Waals surface area contributed by atoms with Crippen molar-refractivity contribution in [2.24, 2.45) is 16.8 Å². The van der Waals surface area contributed by atoms with E-state index in [2.05, 4.69) is 36.4 Å². The molecule has 0 rings (SSSR count). The quantitative estimate of drug-likeness (QED) is 0.422. The van der Waals surface area contributed by atoms with E-state index in [0.29, 0.717) is 6.54 Å². The number of hydrogen-bond acceptors (Lipinski definition) is 2. The Morgan fingerprint density at radius 1 is 1.21 bits per heavy atom. The van der Waals surface area contributed by atoms with Gasteiger partial charge in [-0.1, -0.05) is 40.0 Å². The normalized spacial score (nSPS) is 15.1. The number of rotatable bonds is 10. The lowest BCUT2D eigenvalue weighted by atomic mass is 9.99. The molecule has 114 valence electrons. The van der Waals surface area contributed by atoms with Crippen LogP contribution in [0.5, 0.6) is 0 Å². The third-order valence-electron chi connectivity index (χ3n) is 3.32. The number of guanidine groups is 1. The smallest absolute Gasteiger partial charge is 0.191 e. The van der Waals surface area contributed by atoms with Crippen LogP contribution in [0.3, 0.4) is 0 Å². The number of aliphatic imine (C=N–C) groups is 1. The van der Waals surface area contributed by atoms with Gasteiger partial charge in [-0.05, 0) is 25.2 Å². The molecule has 0 aromatic carbocycles. The lowest BCUT2D eigenvalue weighted by Gasteiger charge is -2.18. The van der Waals surface area contributed by atoms with Crippen LogP contribution in [0.25, 0.3) is 0 Å². The number of aliphatic hydroxyl groups is 1. The molecule has 0 heterocycles. The van der Waals surface area contributed by atoms with Gasteiger partial charge in [-0.3, -0.25) is 4.99 Å². The fourth-order valence-electron chi connectivity index (χ4n) is 1.83. The monoisotopic (exact) mass is 271 g/mol. The molecule has 4 nitrogen and oxygen atoms in total. The fourth-order valence-corrected chi connectivity index (χ4v) is 1.83. The molecule has 3 N–H and O–H groups in total. The first-order valence-electron chi connectivity index (χ1n) is 7.80. The Balaban J connectivity index is 4.16. The molecule has 19 heavy (non-hydrogen) atoms. The third kappa shape index (κ3) is 9.77. The van der Waals surface area contributed by atoms with E-state index in [-0.39, 0.29) is 12.5 Å². The molecule has 4 heteroatoms. The number of hydrogen-bond donors (Lipinski definition) is 3. The van der Waals surface area contributed by atoms with E-state index < -0.39 is 0 Å². The van der Waals surface area contributed by atoms with E-state index in [1.165, 1.54) is 25.7 Å². The Hall–Kier alpha value is -0.770. The molecule has 0 spiro atoms. The third-order valence-corrected chi connectivity index (χ3v) is 3.32. The molecule has 0 aromatic rings. The van der Waals surface area contributed by atoms with Gasteiger partial charge in [-0.15, -0.1) is 0 Å². The molecule has 0 aliphatic heterocycles. The summed E-state index contributed by atoms with van der Waals surface area (Å²) < 4.78 is 0. The van der Waals surface area contributed by atoms with Gasteiger partial charge in [0, 0.05) is 26.2 Å². The Morgan fingerprint density at radius 3 is 2.47 bits per heavy atom. The molecule has 0 radical (unpaired) electrons. The number of nitrogens with zero attached hydrogens (tertiary/aromatic N) is 1. The van der Waals surface area contributed by atoms with Crippen molar-refractivity contribution in [3.8, 4) is 0 Å². The Morgan fingerprint density at radius 2 is 1.95 bits per heavy atom. The maximum atomic E-state index is 9.02. The summed E-state index contributed by atoms with van der Waals surface area (Å²) in [6, 6.07) is 0. The molecule has 0 saturated carbocycles. The molecule has 0 saturated heterocycles. The van der Waals surface area contributed by atoms with Crippen molar-refractivity contribution in [2.75, 3.05) is 26.2 Å². The van der Waals surface area contributed by atoms with E-state index in [0.717, 1.165) is 25.0 Å². The Kier molecular flexibility index (Phi) is 11.8. The van der Waals surface area contributed by atoms with Crippen molar-refractivity contribution in [1.29, 1.82) is 0 Å². The minimum Gasteiger partial charge on any atom is -0.396 e. The van der Waals surface area contributed by atoms with Crippen LogP contribution in [0, 0.1) is 11.8 Å². The molecular formula is C15H33N3O. The predicted molar refractivity (Wildman–Crippen MR) is 83.5 cm³/mol. The number of nitrogens with one attached hydrogen (secondary N) is 2. The maximum absolute atomic E-state index is 9.02. The first kappa shape index (κ1) is 18.2. The molecule has 0 fully saturated rings. The van der Waals surface area contributed by atoms with E-state index in [9.17, 15) is 0 Å². The lowest BCUT2D eigenvalue weighted by molar-refractivity contribution is 0.241. The van der Waals surface area contributed by atoms with Crippen LogP contribution in [-0.4, -0.2) is 37.3 Å². The highest BCUT2D eigenvalue weighted by molar-refractivity contribution is 5.79. The minimum atomic E-state index is 0.191. The molecule has 0 bridgehead atoms. The van der Waals surface area contributed by atoms with Crippen LogP contribution in [0.1, 0.15) is 53.4 Å². The molecule has 0 aliphatic carbocycles. The van der Waals surface area contributed by atoms with Gasteiger partial charge in [0.25, 0.3) is 0 Å². The van der Waals surface area contributed by atoms with Crippen molar-refractivity contribution < 1.29 is 5.11 Å². The molecule has 2 atom stereocenters. The number of unbranched alkanes of at least 4 members (excludes halogenated alkanes) is 1. The van der Waals surface area contributed by atoms with E-state index in [1.54, 1.807) is 0 Å². The summed E-state index contributed by atoms with van der Waals surface area (Å²) in [6.07, 6.45) is 5.06. The van der Waals surface area contributed by atoms with Gasteiger partial charge < -0.3 is 15.7 Å². The van der Waals surface area contributed by atoms with Gasteiger partial charge >= 0.3 is 0 Å². The first-order valence-corrected chi connectivity index (χ1v) is 7.80. The van der Waals surface area contributed by atoms with Crippen LogP contribution in [0.4, 0.5) is 0 Å². The zero-order valence-corrected chi connectivity index (χ0v) is 13.2. The molecule has 0 amide bonds. The van der Waals surface area contributed by atoms with Gasteiger partial charge in [-0.2, -0.15) is 0 Å². The van der Waals surface area contributed by atoms with Crippen LogP contribution >= 0.6 is 0 Å². The predicted octanol–water partition coefficient (Wildman–Crippen LogP) is 2.39. The Labute approximate surface area is 119 Å². The van der Waals surface area contributed by atoms with Crippen molar-refractivity contribution in [3.05, 3.63) is 0 Å². The van der Waals surface area contributed by atoms with Crippen molar-refractivity contribution in [1.82, 2.24) is 10.6 Å². The van der Waals surface area contributed by atoms with E-state index in [4.69, 9.17) is 5.11 Å². The van der Waals surface area contributed by atoms with Gasteiger partial charge in [0.2, 0.25) is 0 Å². The van der Waals surface area contributed by atoms with E-state index in [1.807, 2.05) is 6.92 Å². The zero-order valence-electron chi connectivity index (χ0n) is 13.2. The summed E-state index contributed by atoms with van der Waals surface area (Å²) in [4.78, 5) is 4.51. The van der Waals surface area contributed by atoms with Crippen molar-refractivity contribution >= 4 is 5.96 Å². The number of aliphatic hydroxyl groups excluding tert-OH is 1. The minimum absolute atomic E-state index is 0.191. The molecular weight excluding hydrogens is 238 g/mol. The maximum Gasteiger partial charge on any atom is 0.191 e. The highest BCUT2D eigenvalue weighted by Gasteiger charge is 2.07. The van der Waals surface area contributed by atoms with Crippen molar-refractivity contribution in [2.45, 2.75) is 53.4 Å². The van der Waals surface area contributed by atoms with Crippen LogP contribution in [0.15, 0.2) is 4.99 Å². The molecule has 0 aliphatic rings. The van der Waals surface area contributed by atoms with Gasteiger partial charge in [0.05, 0.1) is 0 Å². The second-order valence-corrected chi connectivity index (χ2v) is 5.30. The Bertz CT molecular complexity index is 231. The summed E-state index contributed by atoms with van der Waals surface area (Å²) >= 11 is 0. The summed E-state index contributed by atoms with van der Waals surface area (Å²) in [5.41, 5.74) is 0. The van der Waals surface area contributed by atoms with Crippen molar-refractivity contribution in [3.63, 3.8) is 0 Å². The zero-order chi connectivity index (χ0) is 14.5. The molecule has 0 aromatic heterocycles. The summed E-state index contributed by atoms with van der Waals surface area (Å²) in [6.45, 7) is 11.3. The second-order valence-electron chi connectivity index (χ2n) is 5.30. The second kappa shape index (κ2) is 12.3. The fraction of sp³-hybridized carbons (Fsp3) is 0.933. The summed E-state index contributed by atoms with van der Waals surface area (Å²) in [5.74, 6) is 1.81. The summed E-state index contributed by atoms with van der Waals surface area (Å²) in [7, 11) is 0. The standard InChI is InChI=1S/C15H33N3O/c1-5-8-9-14(6-2)11-18-15(16-7-3)17-10-13(4)12-19/h13-14,19H,5-12H2,1-4H3,(H2,16,17,18).